The molecule has 1 aromatic carbocycles. The molecule has 0 unspecified atom stereocenters. The van der Waals surface area contributed by atoms with Crippen LogP contribution in [-0.2, 0) is 10.3 Å². The van der Waals surface area contributed by atoms with Crippen molar-refractivity contribution in [3.05, 3.63) is 34.5 Å². The molecule has 0 amide bonds. The second-order valence-corrected chi connectivity index (χ2v) is 5.53. The fraction of sp³-hybridized carbons (Fsp3) is 0.462. The molecule has 0 radical (unpaired) electrons. The molecule has 2 aliphatic rings. The SMILES string of the molecule is C[C@]1(c2cc([N+](=O)O)ccc2F)N=C(N)OCC12CC2. The van der Waals surface area contributed by atoms with Crippen LogP contribution in [-0.4, -0.2) is 22.8 Å². The van der Waals surface area contributed by atoms with E-state index in [0.717, 1.165) is 18.9 Å². The predicted molar refractivity (Wildman–Crippen MR) is 68.1 cm³/mol. The lowest BCUT2D eigenvalue weighted by molar-refractivity contribution is -0.729. The molecule has 1 atom stereocenters. The van der Waals surface area contributed by atoms with Crippen molar-refractivity contribution in [3.63, 3.8) is 0 Å². The summed E-state index contributed by atoms with van der Waals surface area (Å²) < 4.78 is 19.5. The highest BCUT2D eigenvalue weighted by molar-refractivity contribution is 5.73. The first-order valence-electron chi connectivity index (χ1n) is 6.32. The number of halogens is 1. The summed E-state index contributed by atoms with van der Waals surface area (Å²) in [6, 6.07) is 3.68. The van der Waals surface area contributed by atoms with Crippen LogP contribution in [0.25, 0.3) is 0 Å². The van der Waals surface area contributed by atoms with Crippen molar-refractivity contribution >= 4 is 11.7 Å². The molecule has 0 bridgehead atoms. The second-order valence-electron chi connectivity index (χ2n) is 5.53. The van der Waals surface area contributed by atoms with Crippen LogP contribution < -0.4 is 5.73 Å². The Morgan fingerprint density at radius 3 is 2.80 bits per heavy atom. The number of hydrogen-bond donors (Lipinski definition) is 2. The molecule has 106 valence electrons. The standard InChI is InChI=1S/C13H15FN3O3/c1-12(13(4-5-13)7-20-11(15)16-12)9-6-8(17(18)19)2-3-10(9)14/h2-3,6H,4-5,7H2,1H3,(H2,15,16)(H,18,19)/q+1/t12-/m1/s1. The van der Waals surface area contributed by atoms with E-state index in [1.54, 1.807) is 6.92 Å². The van der Waals surface area contributed by atoms with E-state index in [1.807, 2.05) is 0 Å². The van der Waals surface area contributed by atoms with Crippen molar-refractivity contribution < 1.29 is 19.3 Å². The van der Waals surface area contributed by atoms with Gasteiger partial charge in [0.15, 0.2) is 0 Å². The highest BCUT2D eigenvalue weighted by atomic mass is 19.1. The number of ether oxygens (including phenoxy) is 1. The third-order valence-corrected chi connectivity index (χ3v) is 4.41. The van der Waals surface area contributed by atoms with Crippen molar-refractivity contribution in [1.82, 2.24) is 0 Å². The number of amidine groups is 1. The molecular weight excluding hydrogens is 265 g/mol. The van der Waals surface area contributed by atoms with E-state index in [0.29, 0.717) is 6.61 Å². The zero-order valence-electron chi connectivity index (χ0n) is 11.0. The Morgan fingerprint density at radius 1 is 1.50 bits per heavy atom. The van der Waals surface area contributed by atoms with Gasteiger partial charge in [-0.15, -0.1) is 0 Å². The van der Waals surface area contributed by atoms with Crippen LogP contribution >= 0.6 is 0 Å². The summed E-state index contributed by atoms with van der Waals surface area (Å²) in [6.45, 7) is 2.16. The Hall–Kier alpha value is -2.18. The number of benzene rings is 1. The van der Waals surface area contributed by atoms with E-state index in [2.05, 4.69) is 4.99 Å². The minimum Gasteiger partial charge on any atom is -0.465 e. The van der Waals surface area contributed by atoms with Crippen molar-refractivity contribution in [2.75, 3.05) is 6.61 Å². The zero-order valence-corrected chi connectivity index (χ0v) is 11.0. The van der Waals surface area contributed by atoms with E-state index in [1.165, 1.54) is 12.1 Å². The van der Waals surface area contributed by atoms with E-state index < -0.39 is 11.4 Å². The van der Waals surface area contributed by atoms with Crippen LogP contribution in [0.15, 0.2) is 23.2 Å². The maximum Gasteiger partial charge on any atom is 0.317 e. The van der Waals surface area contributed by atoms with Crippen molar-refractivity contribution in [2.45, 2.75) is 25.3 Å². The smallest absolute Gasteiger partial charge is 0.317 e. The Labute approximate surface area is 114 Å². The van der Waals surface area contributed by atoms with Gasteiger partial charge >= 0.3 is 5.69 Å². The Morgan fingerprint density at radius 2 is 2.20 bits per heavy atom. The summed E-state index contributed by atoms with van der Waals surface area (Å²) in [5, 5.41) is 8.99. The largest absolute Gasteiger partial charge is 0.465 e. The molecule has 1 heterocycles. The van der Waals surface area contributed by atoms with Crippen molar-refractivity contribution in [3.8, 4) is 0 Å². The summed E-state index contributed by atoms with van der Waals surface area (Å²) >= 11 is 0. The van der Waals surface area contributed by atoms with Crippen LogP contribution in [0.2, 0.25) is 0 Å². The molecule has 1 aromatic rings. The molecular formula is C13H15FN3O3+. The Balaban J connectivity index is 2.17. The summed E-state index contributed by atoms with van der Waals surface area (Å²) in [6.07, 6.45) is 1.70. The fourth-order valence-electron chi connectivity index (χ4n) is 2.86. The van der Waals surface area contributed by atoms with Crippen molar-refractivity contribution in [1.29, 1.82) is 0 Å². The normalized spacial score (nSPS) is 26.8. The molecule has 3 rings (SSSR count). The third-order valence-electron chi connectivity index (χ3n) is 4.41. The monoisotopic (exact) mass is 280 g/mol. The number of nitrogens with two attached hydrogens (primary N) is 1. The molecule has 1 saturated carbocycles. The zero-order chi connectivity index (χ0) is 14.5. The van der Waals surface area contributed by atoms with Gasteiger partial charge in [-0.05, 0) is 25.8 Å². The van der Waals surface area contributed by atoms with Crippen LogP contribution in [0.4, 0.5) is 10.1 Å². The average Bonchev–Trinajstić information content (AvgIpc) is 3.16. The van der Waals surface area contributed by atoms with E-state index in [-0.39, 0.29) is 27.6 Å². The maximum atomic E-state index is 14.2. The predicted octanol–water partition coefficient (Wildman–Crippen LogP) is 1.97. The van der Waals surface area contributed by atoms with Crippen LogP contribution in [0.3, 0.4) is 0 Å². The molecule has 0 aromatic heterocycles. The van der Waals surface area contributed by atoms with Gasteiger partial charge in [-0.1, -0.05) is 0 Å². The topological polar surface area (TPSA) is 87.9 Å². The van der Waals surface area contributed by atoms with Gasteiger partial charge in [0, 0.05) is 23.1 Å². The molecule has 3 N–H and O–H groups in total. The lowest BCUT2D eigenvalue weighted by Gasteiger charge is -2.38. The quantitative estimate of drug-likeness (QED) is 0.811. The second kappa shape index (κ2) is 3.91. The van der Waals surface area contributed by atoms with Gasteiger partial charge in [0.25, 0.3) is 10.9 Å². The molecule has 1 fully saturated rings. The first-order valence-corrected chi connectivity index (χ1v) is 6.32. The Kier molecular flexibility index (Phi) is 2.51. The van der Waals surface area contributed by atoms with Gasteiger partial charge in [0.2, 0.25) is 0 Å². The molecule has 6 nitrogen and oxygen atoms in total. The number of hydrogen-bond acceptors (Lipinski definition) is 4. The fourth-order valence-corrected chi connectivity index (χ4v) is 2.86. The summed E-state index contributed by atoms with van der Waals surface area (Å²) in [5.74, 6) is -0.483. The first kappa shape index (κ1) is 12.8. The van der Waals surface area contributed by atoms with Crippen molar-refractivity contribution in [2.24, 2.45) is 16.1 Å². The van der Waals surface area contributed by atoms with Gasteiger partial charge in [-0.2, -0.15) is 0 Å². The molecule has 0 saturated heterocycles. The molecule has 1 aliphatic carbocycles. The van der Waals surface area contributed by atoms with Gasteiger partial charge in [-0.3, -0.25) is 0 Å². The maximum absolute atomic E-state index is 14.2. The summed E-state index contributed by atoms with van der Waals surface area (Å²) in [7, 11) is 0. The lowest BCUT2D eigenvalue weighted by atomic mass is 9.76. The van der Waals surface area contributed by atoms with E-state index in [4.69, 9.17) is 15.7 Å². The lowest BCUT2D eigenvalue weighted by Crippen LogP contribution is -2.43. The minimum absolute atomic E-state index is 0.0119. The number of nitrogens with zero attached hydrogens (tertiary/aromatic N) is 2. The van der Waals surface area contributed by atoms with Crippen LogP contribution in [0.1, 0.15) is 25.3 Å². The Bertz CT molecular complexity index is 627. The van der Waals surface area contributed by atoms with Gasteiger partial charge in [0.05, 0.1) is 11.5 Å². The highest BCUT2D eigenvalue weighted by Crippen LogP contribution is 2.62. The molecule has 7 heteroatoms. The third kappa shape index (κ3) is 1.65. The molecule has 1 spiro atoms. The summed E-state index contributed by atoms with van der Waals surface area (Å²) in [4.78, 5) is 15.0. The van der Waals surface area contributed by atoms with Gasteiger partial charge in [-0.25, -0.2) is 14.6 Å². The van der Waals surface area contributed by atoms with Crippen LogP contribution in [0, 0.1) is 16.1 Å². The van der Waals surface area contributed by atoms with E-state index in [9.17, 15) is 9.30 Å². The molecule has 1 aliphatic heterocycles. The van der Waals surface area contributed by atoms with E-state index >= 15 is 0 Å². The average molecular weight is 280 g/mol. The minimum atomic E-state index is -0.897. The van der Waals surface area contributed by atoms with Gasteiger partial charge < -0.3 is 10.5 Å². The highest BCUT2D eigenvalue weighted by Gasteiger charge is 2.61. The van der Waals surface area contributed by atoms with Crippen LogP contribution in [0.5, 0.6) is 0 Å². The number of rotatable bonds is 2. The molecule has 20 heavy (non-hydrogen) atoms. The van der Waals surface area contributed by atoms with Gasteiger partial charge in [0.1, 0.15) is 11.4 Å². The first-order chi connectivity index (χ1) is 9.38. The number of aliphatic imine (C=N–C) groups is 1. The summed E-state index contributed by atoms with van der Waals surface area (Å²) in [5.41, 5.74) is 4.64.